The maximum absolute atomic E-state index is 13.8. The van der Waals surface area contributed by atoms with Crippen molar-refractivity contribution >= 4 is 39.4 Å². The summed E-state index contributed by atoms with van der Waals surface area (Å²) in [5.41, 5.74) is 7.07. The Bertz CT molecular complexity index is 813. The van der Waals surface area contributed by atoms with Crippen molar-refractivity contribution in [3.8, 4) is 0 Å². The van der Waals surface area contributed by atoms with E-state index in [1.54, 1.807) is 30.6 Å². The van der Waals surface area contributed by atoms with Gasteiger partial charge < -0.3 is 11.1 Å². The molecule has 0 spiro atoms. The number of pyridine rings is 1. The molecule has 0 fully saturated rings. The van der Waals surface area contributed by atoms with Crippen LogP contribution in [0.4, 0.5) is 25.8 Å². The van der Waals surface area contributed by atoms with Gasteiger partial charge in [0.1, 0.15) is 5.82 Å². The molecule has 3 rings (SSSR count). The molecule has 3 aromatic rings. The molecular weight excluding hydrogens is 296 g/mol. The van der Waals surface area contributed by atoms with Gasteiger partial charge in [-0.1, -0.05) is 11.6 Å². The van der Waals surface area contributed by atoms with Gasteiger partial charge in [0.2, 0.25) is 0 Å². The van der Waals surface area contributed by atoms with Crippen LogP contribution in [0, 0.1) is 11.6 Å². The second kappa shape index (κ2) is 5.18. The highest BCUT2D eigenvalue weighted by Crippen LogP contribution is 2.34. The first-order chi connectivity index (χ1) is 10.1. The highest BCUT2D eigenvalue weighted by Gasteiger charge is 2.12. The third-order valence-electron chi connectivity index (χ3n) is 3.12. The van der Waals surface area contributed by atoms with Crippen molar-refractivity contribution in [2.24, 2.45) is 0 Å². The Morgan fingerprint density at radius 2 is 1.90 bits per heavy atom. The largest absolute Gasteiger partial charge is 0.398 e. The number of nitrogens with zero attached hydrogens (tertiary/aromatic N) is 1. The van der Waals surface area contributed by atoms with Gasteiger partial charge in [-0.3, -0.25) is 4.98 Å². The number of rotatable bonds is 2. The van der Waals surface area contributed by atoms with E-state index in [0.29, 0.717) is 11.4 Å². The Hall–Kier alpha value is -2.40. The van der Waals surface area contributed by atoms with Crippen LogP contribution in [0.3, 0.4) is 0 Å². The van der Waals surface area contributed by atoms with E-state index in [1.807, 2.05) is 0 Å². The molecule has 0 atom stereocenters. The zero-order valence-electron chi connectivity index (χ0n) is 10.7. The van der Waals surface area contributed by atoms with Crippen LogP contribution < -0.4 is 11.1 Å². The molecule has 0 bridgehead atoms. The number of nitrogens with two attached hydrogens (primary N) is 1. The van der Waals surface area contributed by atoms with Gasteiger partial charge in [-0.25, -0.2) is 8.78 Å². The molecule has 21 heavy (non-hydrogen) atoms. The van der Waals surface area contributed by atoms with Crippen molar-refractivity contribution < 1.29 is 8.78 Å². The first-order valence-corrected chi connectivity index (χ1v) is 6.48. The Morgan fingerprint density at radius 3 is 2.67 bits per heavy atom. The fraction of sp³-hybridized carbons (Fsp3) is 0. The van der Waals surface area contributed by atoms with E-state index in [0.717, 1.165) is 22.9 Å². The minimum Gasteiger partial charge on any atom is -0.398 e. The second-order valence-corrected chi connectivity index (χ2v) is 4.90. The topological polar surface area (TPSA) is 50.9 Å². The highest BCUT2D eigenvalue weighted by molar-refractivity contribution is 6.33. The van der Waals surface area contributed by atoms with E-state index < -0.39 is 11.6 Å². The first-order valence-electron chi connectivity index (χ1n) is 6.10. The molecule has 1 heterocycles. The normalized spacial score (nSPS) is 10.8. The molecule has 1 aromatic heterocycles. The maximum Gasteiger partial charge on any atom is 0.151 e. The fourth-order valence-electron chi connectivity index (χ4n) is 2.12. The molecule has 0 aliphatic rings. The lowest BCUT2D eigenvalue weighted by molar-refractivity contribution is 0.586. The van der Waals surface area contributed by atoms with Crippen LogP contribution in [-0.2, 0) is 0 Å². The monoisotopic (exact) mass is 305 g/mol. The molecule has 2 aromatic carbocycles. The van der Waals surface area contributed by atoms with Crippen molar-refractivity contribution in [2.45, 2.75) is 0 Å². The molecule has 6 heteroatoms. The van der Waals surface area contributed by atoms with Gasteiger partial charge in [0.15, 0.2) is 5.82 Å². The molecule has 0 saturated carbocycles. The number of halogens is 3. The van der Waals surface area contributed by atoms with Gasteiger partial charge in [-0.2, -0.15) is 0 Å². The summed E-state index contributed by atoms with van der Waals surface area (Å²) in [6.45, 7) is 0. The van der Waals surface area contributed by atoms with Gasteiger partial charge in [0.05, 0.1) is 10.7 Å². The Morgan fingerprint density at radius 1 is 1.10 bits per heavy atom. The molecule has 3 nitrogen and oxygen atoms in total. The summed E-state index contributed by atoms with van der Waals surface area (Å²) in [4.78, 5) is 4.03. The van der Waals surface area contributed by atoms with Gasteiger partial charge in [0, 0.05) is 40.6 Å². The molecule has 106 valence electrons. The summed E-state index contributed by atoms with van der Waals surface area (Å²) >= 11 is 5.88. The number of hydrogen-bond acceptors (Lipinski definition) is 3. The maximum atomic E-state index is 13.8. The third kappa shape index (κ3) is 2.48. The van der Waals surface area contributed by atoms with Crippen LogP contribution in [0.2, 0.25) is 5.02 Å². The smallest absolute Gasteiger partial charge is 0.151 e. The molecular formula is C15H10ClF2N3. The lowest BCUT2D eigenvalue weighted by Gasteiger charge is -2.13. The Balaban J connectivity index is 2.13. The molecule has 0 saturated heterocycles. The SMILES string of the molecule is Nc1ccc(Nc2c(F)cc(F)cc2Cl)c2cnccc12. The number of nitrogen functional groups attached to an aromatic ring is 1. The zero-order chi connectivity index (χ0) is 15.0. The molecule has 0 aliphatic heterocycles. The summed E-state index contributed by atoms with van der Waals surface area (Å²) in [7, 11) is 0. The predicted molar refractivity (Wildman–Crippen MR) is 80.8 cm³/mol. The predicted octanol–water partition coefficient (Wildman–Crippen LogP) is 4.49. The lowest BCUT2D eigenvalue weighted by Crippen LogP contribution is -1.98. The first kappa shape index (κ1) is 13.6. The zero-order valence-corrected chi connectivity index (χ0v) is 11.5. The van der Waals surface area contributed by atoms with E-state index in [9.17, 15) is 8.78 Å². The van der Waals surface area contributed by atoms with Gasteiger partial charge >= 0.3 is 0 Å². The van der Waals surface area contributed by atoms with Crippen LogP contribution in [0.1, 0.15) is 0 Å². The van der Waals surface area contributed by atoms with Crippen LogP contribution >= 0.6 is 11.6 Å². The van der Waals surface area contributed by atoms with Crippen molar-refractivity contribution in [2.75, 3.05) is 11.1 Å². The lowest BCUT2D eigenvalue weighted by atomic mass is 10.1. The molecule has 0 aliphatic carbocycles. The summed E-state index contributed by atoms with van der Waals surface area (Å²) in [5.74, 6) is -1.50. The van der Waals surface area contributed by atoms with E-state index >= 15 is 0 Å². The van der Waals surface area contributed by atoms with Crippen LogP contribution in [0.25, 0.3) is 10.8 Å². The molecule has 0 unspecified atom stereocenters. The number of anilines is 3. The summed E-state index contributed by atoms with van der Waals surface area (Å²) in [6, 6.07) is 6.97. The Kier molecular flexibility index (Phi) is 3.35. The van der Waals surface area contributed by atoms with E-state index in [1.165, 1.54) is 0 Å². The average Bonchev–Trinajstić information content (AvgIpc) is 2.45. The van der Waals surface area contributed by atoms with Crippen molar-refractivity contribution in [3.63, 3.8) is 0 Å². The summed E-state index contributed by atoms with van der Waals surface area (Å²) < 4.78 is 26.9. The van der Waals surface area contributed by atoms with Gasteiger partial charge in [-0.05, 0) is 24.3 Å². The number of fused-ring (bicyclic) bond motifs is 1. The van der Waals surface area contributed by atoms with E-state index in [4.69, 9.17) is 17.3 Å². The second-order valence-electron chi connectivity index (χ2n) is 4.49. The van der Waals surface area contributed by atoms with Crippen molar-refractivity contribution in [1.29, 1.82) is 0 Å². The number of aromatic nitrogens is 1. The van der Waals surface area contributed by atoms with Crippen molar-refractivity contribution in [1.82, 2.24) is 4.98 Å². The summed E-state index contributed by atoms with van der Waals surface area (Å²) in [6.07, 6.45) is 3.23. The average molecular weight is 306 g/mol. The van der Waals surface area contributed by atoms with Crippen LogP contribution in [-0.4, -0.2) is 4.98 Å². The quantitative estimate of drug-likeness (QED) is 0.686. The standard InChI is InChI=1S/C15H10ClF2N3/c16-11-5-8(17)6-12(18)15(11)21-14-2-1-13(19)9-3-4-20-7-10(9)14/h1-7,21H,19H2. The number of hydrogen-bond donors (Lipinski definition) is 2. The van der Waals surface area contributed by atoms with E-state index in [-0.39, 0.29) is 10.7 Å². The minimum absolute atomic E-state index is 0.00740. The van der Waals surface area contributed by atoms with Gasteiger partial charge in [0.25, 0.3) is 0 Å². The molecule has 0 radical (unpaired) electrons. The van der Waals surface area contributed by atoms with Gasteiger partial charge in [-0.15, -0.1) is 0 Å². The summed E-state index contributed by atoms with van der Waals surface area (Å²) in [5, 5.41) is 4.33. The van der Waals surface area contributed by atoms with E-state index in [2.05, 4.69) is 10.3 Å². The Labute approximate surface area is 124 Å². The van der Waals surface area contributed by atoms with Crippen molar-refractivity contribution in [3.05, 3.63) is 59.4 Å². The number of benzene rings is 2. The third-order valence-corrected chi connectivity index (χ3v) is 3.42. The fourth-order valence-corrected chi connectivity index (χ4v) is 2.36. The molecule has 3 N–H and O–H groups in total. The highest BCUT2D eigenvalue weighted by atomic mass is 35.5. The number of nitrogens with one attached hydrogen (secondary N) is 1. The van der Waals surface area contributed by atoms with Crippen LogP contribution in [0.15, 0.2) is 42.7 Å². The minimum atomic E-state index is -0.770. The molecule has 0 amide bonds. The van der Waals surface area contributed by atoms with Crippen LogP contribution in [0.5, 0.6) is 0 Å².